The van der Waals surface area contributed by atoms with Gasteiger partial charge in [-0.2, -0.15) is 0 Å². The molecule has 0 spiro atoms. The molecule has 0 radical (unpaired) electrons. The van der Waals surface area contributed by atoms with Gasteiger partial charge in [0.2, 0.25) is 0 Å². The van der Waals surface area contributed by atoms with E-state index in [9.17, 15) is 22.6 Å². The van der Waals surface area contributed by atoms with E-state index >= 15 is 0 Å². The van der Waals surface area contributed by atoms with Crippen LogP contribution in [0.2, 0.25) is 0 Å². The van der Waals surface area contributed by atoms with Crippen LogP contribution in [0.3, 0.4) is 0 Å². The second-order valence-electron chi connectivity index (χ2n) is 7.87. The van der Waals surface area contributed by atoms with Gasteiger partial charge in [0, 0.05) is 0 Å². The van der Waals surface area contributed by atoms with Gasteiger partial charge in [-0.25, -0.2) is 8.42 Å². The van der Waals surface area contributed by atoms with Crippen molar-refractivity contribution >= 4 is 22.1 Å². The van der Waals surface area contributed by atoms with E-state index in [4.69, 9.17) is 4.74 Å². The minimum Gasteiger partial charge on any atom is -0.747 e. The number of esters is 2. The molecule has 0 amide bonds. The molecule has 0 fully saturated rings. The SMILES string of the molecule is CC/C=C/OC(=O)C(CC(=O)OCCCCCCCCCCCCCCC)S(=O)(=O)[O-].[Na+]. The molecule has 32 heavy (non-hydrogen) atoms. The Kier molecular flexibility index (Phi) is 23.6. The van der Waals surface area contributed by atoms with Crippen LogP contribution in [0.1, 0.15) is 110 Å². The van der Waals surface area contributed by atoms with E-state index in [2.05, 4.69) is 11.7 Å². The van der Waals surface area contributed by atoms with Gasteiger partial charge in [0.1, 0.15) is 10.1 Å². The maximum Gasteiger partial charge on any atom is 1.00 e. The molecular formula is C23H41NaO7S. The second kappa shape index (κ2) is 22.4. The molecule has 0 aliphatic carbocycles. The molecule has 7 nitrogen and oxygen atoms in total. The molecule has 0 aromatic rings. The average molecular weight is 485 g/mol. The van der Waals surface area contributed by atoms with E-state index < -0.39 is 33.7 Å². The van der Waals surface area contributed by atoms with Crippen molar-refractivity contribution in [1.82, 2.24) is 0 Å². The maximum absolute atomic E-state index is 11.8. The molecule has 1 atom stereocenters. The minimum absolute atomic E-state index is 0. The van der Waals surface area contributed by atoms with Crippen molar-refractivity contribution in [3.05, 3.63) is 12.3 Å². The Bertz CT molecular complexity index is 605. The standard InChI is InChI=1S/C23H42O7S.Na/c1-3-5-7-8-9-10-11-12-13-14-15-16-17-19-29-22(24)20-21(31(26,27)28)23(25)30-18-6-4-2;/h6,18,21H,3-5,7-17,19-20H2,1-2H3,(H,26,27,28);/q;+1/p-1/b18-6+;. The quantitative estimate of drug-likeness (QED) is 0.0858. The zero-order valence-corrected chi connectivity index (χ0v) is 23.1. The third-order valence-electron chi connectivity index (χ3n) is 4.99. The van der Waals surface area contributed by atoms with Crippen LogP contribution in [-0.2, 0) is 29.2 Å². The fraction of sp³-hybridized carbons (Fsp3) is 0.826. The molecule has 0 aromatic carbocycles. The van der Waals surface area contributed by atoms with E-state index in [0.717, 1.165) is 25.5 Å². The number of unbranched alkanes of at least 4 members (excludes halogenated alkanes) is 12. The van der Waals surface area contributed by atoms with Crippen molar-refractivity contribution in [2.24, 2.45) is 0 Å². The Hall–Kier alpha value is -0.410. The van der Waals surface area contributed by atoms with Crippen LogP contribution in [-0.4, -0.2) is 36.8 Å². The van der Waals surface area contributed by atoms with Crippen LogP contribution < -0.4 is 29.6 Å². The van der Waals surface area contributed by atoms with Crippen LogP contribution in [0.25, 0.3) is 0 Å². The number of allylic oxidation sites excluding steroid dienone is 1. The summed E-state index contributed by atoms with van der Waals surface area (Å²) in [7, 11) is -5.01. The summed E-state index contributed by atoms with van der Waals surface area (Å²) in [5.41, 5.74) is 0. The van der Waals surface area contributed by atoms with Gasteiger partial charge in [-0.05, 0) is 18.9 Å². The monoisotopic (exact) mass is 484 g/mol. The molecular weight excluding hydrogens is 443 g/mol. The molecule has 182 valence electrons. The molecule has 0 bridgehead atoms. The first-order valence-electron chi connectivity index (χ1n) is 11.8. The van der Waals surface area contributed by atoms with Gasteiger partial charge in [-0.15, -0.1) is 0 Å². The van der Waals surface area contributed by atoms with Crippen molar-refractivity contribution in [1.29, 1.82) is 0 Å². The molecule has 1 unspecified atom stereocenters. The molecule has 0 aliphatic rings. The summed E-state index contributed by atoms with van der Waals surface area (Å²) in [5, 5.41) is -2.09. The third-order valence-corrected chi connectivity index (χ3v) is 6.05. The van der Waals surface area contributed by atoms with Crippen LogP contribution in [0, 0.1) is 0 Å². The molecule has 0 saturated heterocycles. The van der Waals surface area contributed by atoms with Gasteiger partial charge in [-0.3, -0.25) is 9.59 Å². The van der Waals surface area contributed by atoms with Gasteiger partial charge in [0.25, 0.3) is 0 Å². The Morgan fingerprint density at radius 2 is 1.31 bits per heavy atom. The molecule has 0 heterocycles. The number of rotatable bonds is 20. The van der Waals surface area contributed by atoms with E-state index in [-0.39, 0.29) is 36.2 Å². The Morgan fingerprint density at radius 3 is 1.75 bits per heavy atom. The van der Waals surface area contributed by atoms with Crippen molar-refractivity contribution < 1.29 is 61.6 Å². The predicted molar refractivity (Wildman–Crippen MR) is 120 cm³/mol. The van der Waals surface area contributed by atoms with Crippen LogP contribution in [0.15, 0.2) is 12.3 Å². The fourth-order valence-electron chi connectivity index (χ4n) is 3.11. The minimum atomic E-state index is -5.01. The number of hydrogen-bond donors (Lipinski definition) is 0. The zero-order valence-electron chi connectivity index (χ0n) is 20.3. The van der Waals surface area contributed by atoms with Crippen molar-refractivity contribution in [3.8, 4) is 0 Å². The number of ether oxygens (including phenoxy) is 2. The van der Waals surface area contributed by atoms with Crippen LogP contribution >= 0.6 is 0 Å². The Labute approximate surface area is 217 Å². The normalized spacial score (nSPS) is 12.3. The number of carbonyl (C=O) groups excluding carboxylic acids is 2. The second-order valence-corrected chi connectivity index (χ2v) is 9.42. The third kappa shape index (κ3) is 20.2. The van der Waals surface area contributed by atoms with Gasteiger partial charge >= 0.3 is 41.5 Å². The first-order chi connectivity index (χ1) is 14.8. The van der Waals surface area contributed by atoms with E-state index in [1.54, 1.807) is 6.92 Å². The van der Waals surface area contributed by atoms with Crippen molar-refractivity contribution in [2.75, 3.05) is 6.61 Å². The number of carbonyl (C=O) groups is 2. The summed E-state index contributed by atoms with van der Waals surface area (Å²) in [6, 6.07) is 0. The van der Waals surface area contributed by atoms with Gasteiger partial charge < -0.3 is 14.0 Å². The summed E-state index contributed by atoms with van der Waals surface area (Å²) in [6.07, 6.45) is 17.8. The predicted octanol–water partition coefficient (Wildman–Crippen LogP) is 2.40. The Morgan fingerprint density at radius 1 is 0.844 bits per heavy atom. The summed E-state index contributed by atoms with van der Waals surface area (Å²) < 4.78 is 43.3. The Balaban J connectivity index is 0. The summed E-state index contributed by atoms with van der Waals surface area (Å²) >= 11 is 0. The average Bonchev–Trinajstić information content (AvgIpc) is 2.71. The van der Waals surface area contributed by atoms with Gasteiger partial charge in [-0.1, -0.05) is 90.9 Å². The maximum atomic E-state index is 11.8. The summed E-state index contributed by atoms with van der Waals surface area (Å²) in [6.45, 7) is 4.17. The number of hydrogen-bond acceptors (Lipinski definition) is 7. The first-order valence-corrected chi connectivity index (χ1v) is 13.3. The summed E-state index contributed by atoms with van der Waals surface area (Å²) in [4.78, 5) is 23.5. The largest absolute Gasteiger partial charge is 1.00 e. The molecule has 0 aromatic heterocycles. The summed E-state index contributed by atoms with van der Waals surface area (Å²) in [5.74, 6) is -2.16. The fourth-order valence-corrected chi connectivity index (χ4v) is 3.74. The van der Waals surface area contributed by atoms with Crippen LogP contribution in [0.5, 0.6) is 0 Å². The smallest absolute Gasteiger partial charge is 0.747 e. The van der Waals surface area contributed by atoms with Crippen molar-refractivity contribution in [2.45, 2.75) is 115 Å². The molecule has 0 aliphatic heterocycles. The van der Waals surface area contributed by atoms with E-state index in [1.165, 1.54) is 63.9 Å². The van der Waals surface area contributed by atoms with E-state index in [0.29, 0.717) is 12.8 Å². The molecule has 0 saturated carbocycles. The topological polar surface area (TPSA) is 110 Å². The first kappa shape index (κ1) is 33.8. The van der Waals surface area contributed by atoms with Crippen molar-refractivity contribution in [3.63, 3.8) is 0 Å². The van der Waals surface area contributed by atoms with Gasteiger partial charge in [0.15, 0.2) is 5.25 Å². The molecule has 0 rings (SSSR count). The van der Waals surface area contributed by atoms with Crippen LogP contribution in [0.4, 0.5) is 0 Å². The van der Waals surface area contributed by atoms with Gasteiger partial charge in [0.05, 0.1) is 19.3 Å². The zero-order chi connectivity index (χ0) is 23.4. The molecule has 9 heteroatoms. The van der Waals surface area contributed by atoms with E-state index in [1.807, 2.05) is 0 Å². The molecule has 0 N–H and O–H groups in total.